The third-order valence-electron chi connectivity index (χ3n) is 9.61. The van der Waals surface area contributed by atoms with Crippen LogP contribution < -0.4 is 15.8 Å². The lowest BCUT2D eigenvalue weighted by Gasteiger charge is -2.38. The summed E-state index contributed by atoms with van der Waals surface area (Å²) < 4.78 is 40.8. The average molecular weight is 785 g/mol. The smallest absolute Gasteiger partial charge is 0.366 e. The van der Waals surface area contributed by atoms with E-state index in [1.54, 1.807) is 18.0 Å². The Bertz CT molecular complexity index is 1970. The molecule has 0 unspecified atom stereocenters. The fourth-order valence-corrected chi connectivity index (χ4v) is 7.22. The lowest BCUT2D eigenvalue weighted by molar-refractivity contribution is -0.161. The average Bonchev–Trinajstić information content (AvgIpc) is 3.52. The molecule has 0 aromatic heterocycles. The van der Waals surface area contributed by atoms with Crippen molar-refractivity contribution in [3.8, 4) is 11.5 Å². The van der Waals surface area contributed by atoms with Crippen molar-refractivity contribution in [1.82, 2.24) is 14.5 Å². The number of carboxylic acid groups (broad SMARTS) is 1. The van der Waals surface area contributed by atoms with E-state index < -0.39 is 45.4 Å². The van der Waals surface area contributed by atoms with E-state index in [2.05, 4.69) is 42.0 Å². The van der Waals surface area contributed by atoms with Crippen molar-refractivity contribution >= 4 is 39.6 Å². The molecule has 0 bridgehead atoms. The maximum absolute atomic E-state index is 13.5. The van der Waals surface area contributed by atoms with Crippen molar-refractivity contribution in [2.45, 2.75) is 97.1 Å². The number of likely N-dealkylation sites (N-methyl/N-ethyl adjacent to an activating group) is 1. The first kappa shape index (κ1) is 42.7. The first-order chi connectivity index (χ1) is 25.7. The number of aryl methyl sites for hydroxylation is 1. The van der Waals surface area contributed by atoms with Gasteiger partial charge in [0.25, 0.3) is 11.8 Å². The number of nitrogens with zero attached hydrogens (tertiary/aromatic N) is 4. The van der Waals surface area contributed by atoms with Gasteiger partial charge in [-0.1, -0.05) is 48.7 Å². The van der Waals surface area contributed by atoms with Crippen LogP contribution in [0.5, 0.6) is 11.5 Å². The number of amides is 2. The van der Waals surface area contributed by atoms with Gasteiger partial charge in [-0.15, -0.1) is 0 Å². The number of hydrogen-bond donors (Lipinski definition) is 5. The van der Waals surface area contributed by atoms with Crippen LogP contribution in [0.2, 0.25) is 0 Å². The number of benzene rings is 1. The standard InChI is InChI=1S/C38H52N6O10S/c1-8-9-10-11-24-19-29(45)32(26-18-23(4)12-13-25(26)22(2)3)30(20-24)53-21-43(7)17-16-28-34(36(47)44(28)55(50,51)52)41-35(46)33(27-14-15-31(39)40-27)42-54-38(5,6)37(48)49/h14,16,18-20,25-26,34,45H,2,8-13,15,17,21H2,1,3-7H3,(H2,39,40)(H,41,46)(H,48,49)(H,50,51,52)/b28-16+,42-33-/t25-,26+,34-/m0/s1. The number of allylic oxidation sites excluding steroid dienone is 3. The van der Waals surface area contributed by atoms with Crippen LogP contribution in [0.1, 0.15) is 90.2 Å². The summed E-state index contributed by atoms with van der Waals surface area (Å²) in [4.78, 5) is 48.9. The van der Waals surface area contributed by atoms with Crippen LogP contribution in [-0.4, -0.2) is 93.7 Å². The van der Waals surface area contributed by atoms with E-state index in [-0.39, 0.29) is 58.8 Å². The van der Waals surface area contributed by atoms with Crippen molar-refractivity contribution in [2.24, 2.45) is 21.8 Å². The molecule has 2 aliphatic heterocycles. The minimum atomic E-state index is -5.07. The molecule has 55 heavy (non-hydrogen) atoms. The normalized spacial score (nSPS) is 21.2. The number of nitrogens with one attached hydrogen (secondary N) is 1. The minimum absolute atomic E-state index is 0.0157. The number of carbonyl (C=O) groups is 3. The zero-order chi connectivity index (χ0) is 40.8. The van der Waals surface area contributed by atoms with Gasteiger partial charge in [0.15, 0.2) is 11.8 Å². The number of carboxylic acids is 1. The molecular formula is C38H52N6O10S. The fourth-order valence-electron chi connectivity index (χ4n) is 6.44. The first-order valence-electron chi connectivity index (χ1n) is 18.1. The van der Waals surface area contributed by atoms with E-state index in [1.807, 2.05) is 13.0 Å². The van der Waals surface area contributed by atoms with E-state index in [1.165, 1.54) is 31.6 Å². The first-order valence-corrected chi connectivity index (χ1v) is 19.5. The van der Waals surface area contributed by atoms with Gasteiger partial charge >= 0.3 is 16.3 Å². The molecule has 300 valence electrons. The number of unbranched alkanes of at least 4 members (excludes halogenated alkanes) is 2. The molecule has 3 atom stereocenters. The molecule has 4 rings (SSSR count). The molecule has 1 aromatic carbocycles. The highest BCUT2D eigenvalue weighted by atomic mass is 32.2. The van der Waals surface area contributed by atoms with Crippen LogP contribution in [0, 0.1) is 5.92 Å². The number of aliphatic carboxylic acids is 1. The summed E-state index contributed by atoms with van der Waals surface area (Å²) >= 11 is 0. The number of rotatable bonds is 18. The maximum atomic E-state index is 13.5. The number of phenols is 1. The van der Waals surface area contributed by atoms with Crippen molar-refractivity contribution < 1.29 is 47.1 Å². The van der Waals surface area contributed by atoms with Crippen LogP contribution in [0.15, 0.2) is 69.6 Å². The topological polar surface area (TPSA) is 234 Å². The Hall–Kier alpha value is -5.00. The summed E-state index contributed by atoms with van der Waals surface area (Å²) in [5.41, 5.74) is 6.88. The largest absolute Gasteiger partial charge is 0.507 e. The molecule has 0 spiro atoms. The molecule has 2 heterocycles. The van der Waals surface area contributed by atoms with Gasteiger partial charge < -0.3 is 30.8 Å². The summed E-state index contributed by atoms with van der Waals surface area (Å²) in [5.74, 6) is -2.87. The highest BCUT2D eigenvalue weighted by Gasteiger charge is 2.50. The Labute approximate surface area is 322 Å². The van der Waals surface area contributed by atoms with E-state index in [0.717, 1.165) is 49.7 Å². The van der Waals surface area contributed by atoms with Gasteiger partial charge in [0, 0.05) is 24.4 Å². The molecule has 6 N–H and O–H groups in total. The van der Waals surface area contributed by atoms with Crippen molar-refractivity contribution in [2.75, 3.05) is 20.3 Å². The fraction of sp³-hybridized carbons (Fsp3) is 0.500. The van der Waals surface area contributed by atoms with Crippen LogP contribution in [0.4, 0.5) is 0 Å². The molecule has 3 aliphatic rings. The number of aliphatic imine (C=N–C) groups is 1. The Morgan fingerprint density at radius 3 is 2.58 bits per heavy atom. The van der Waals surface area contributed by atoms with Crippen molar-refractivity contribution in [1.29, 1.82) is 0 Å². The van der Waals surface area contributed by atoms with Crippen LogP contribution in [-0.2, 0) is 35.9 Å². The maximum Gasteiger partial charge on any atom is 0.366 e. The number of phenolic OH excluding ortho intramolecular Hbond substituents is 1. The molecule has 1 fully saturated rings. The number of carbonyl (C=O) groups excluding carboxylic acids is 2. The zero-order valence-corrected chi connectivity index (χ0v) is 33.0. The van der Waals surface area contributed by atoms with E-state index in [4.69, 9.17) is 15.3 Å². The molecule has 1 aromatic rings. The van der Waals surface area contributed by atoms with Gasteiger partial charge in [0.05, 0.1) is 11.4 Å². The van der Waals surface area contributed by atoms with Gasteiger partial charge in [-0.25, -0.2) is 9.79 Å². The summed E-state index contributed by atoms with van der Waals surface area (Å²) in [7, 11) is -3.39. The SMILES string of the molecule is C=C(C)[C@@H]1CCC(C)=C[C@H]1c1c(O)cc(CCCCC)cc1OCN(C)C/C=C1\[C@H](NC(=O)/C(=N\OC(C)(C)C(=O)O)C2=CCC(N)=N2)C(=O)N1S(=O)(=O)O. The molecule has 17 heteroatoms. The number of β-lactam (4-membered cyclic amide) rings is 1. The number of nitrogens with two attached hydrogens (primary N) is 1. The Balaban J connectivity index is 1.59. The molecule has 16 nitrogen and oxygen atoms in total. The van der Waals surface area contributed by atoms with Gasteiger partial charge in [0.1, 0.15) is 24.1 Å². The lowest BCUT2D eigenvalue weighted by Crippen LogP contribution is -2.64. The lowest BCUT2D eigenvalue weighted by atomic mass is 9.73. The second kappa shape index (κ2) is 17.6. The predicted octanol–water partition coefficient (Wildman–Crippen LogP) is 4.30. The monoisotopic (exact) mass is 784 g/mol. The molecule has 1 saturated heterocycles. The van der Waals surface area contributed by atoms with Crippen molar-refractivity contribution in [3.05, 3.63) is 70.6 Å². The van der Waals surface area contributed by atoms with Gasteiger partial charge in [-0.2, -0.15) is 12.7 Å². The Morgan fingerprint density at radius 2 is 1.98 bits per heavy atom. The third kappa shape index (κ3) is 10.4. The quantitative estimate of drug-likeness (QED) is 0.0267. The molecule has 0 saturated carbocycles. The van der Waals surface area contributed by atoms with E-state index in [0.29, 0.717) is 11.3 Å². The third-order valence-corrected chi connectivity index (χ3v) is 10.5. The number of oxime groups is 1. The highest BCUT2D eigenvalue weighted by Crippen LogP contribution is 2.47. The number of amidine groups is 1. The van der Waals surface area contributed by atoms with Crippen LogP contribution in [0.3, 0.4) is 0 Å². The van der Waals surface area contributed by atoms with E-state index >= 15 is 0 Å². The summed E-state index contributed by atoms with van der Waals surface area (Å²) in [5, 5.41) is 26.9. The molecule has 0 radical (unpaired) electrons. The second-order valence-electron chi connectivity index (χ2n) is 14.7. The van der Waals surface area contributed by atoms with Gasteiger partial charge in [-0.3, -0.25) is 19.0 Å². The number of aromatic hydroxyl groups is 1. The number of ether oxygens (including phenoxy) is 1. The molecular weight excluding hydrogens is 733 g/mol. The molecule has 2 amide bonds. The van der Waals surface area contributed by atoms with Gasteiger partial charge in [-0.05, 0) is 96.2 Å². The number of hydrogen-bond acceptors (Lipinski definition) is 12. The zero-order valence-electron chi connectivity index (χ0n) is 32.2. The molecule has 1 aliphatic carbocycles. The van der Waals surface area contributed by atoms with Crippen LogP contribution in [0.25, 0.3) is 0 Å². The predicted molar refractivity (Wildman–Crippen MR) is 206 cm³/mol. The Morgan fingerprint density at radius 1 is 1.27 bits per heavy atom. The van der Waals surface area contributed by atoms with Gasteiger partial charge in [0.2, 0.25) is 5.60 Å². The summed E-state index contributed by atoms with van der Waals surface area (Å²) in [6.45, 7) is 12.7. The van der Waals surface area contributed by atoms with E-state index in [9.17, 15) is 37.6 Å². The van der Waals surface area contributed by atoms with Crippen LogP contribution >= 0.6 is 0 Å². The summed E-state index contributed by atoms with van der Waals surface area (Å²) in [6.07, 6.45) is 10.7. The minimum Gasteiger partial charge on any atom is -0.507 e. The Kier molecular flexibility index (Phi) is 13.7. The second-order valence-corrected chi connectivity index (χ2v) is 15.9. The summed E-state index contributed by atoms with van der Waals surface area (Å²) in [6, 6.07) is 2.19. The highest BCUT2D eigenvalue weighted by molar-refractivity contribution is 7.84. The van der Waals surface area contributed by atoms with Crippen molar-refractivity contribution in [3.63, 3.8) is 0 Å².